The standard InChI is InChI=1S/C30H32N5O5P/c1-21-28-29(35(32-21)24-13-9-6-10-14-24)31-30(22-19-25(37-2)27(39-4)26(20-22)38-3)40-41(28,36)34-17-15-33(16-18-34)23-11-7-5-8-12-23/h5-14,19-20H,15-18H2,1-4H3. The molecule has 0 aliphatic carbocycles. The molecule has 1 aromatic heterocycles. The minimum absolute atomic E-state index is 0.197. The van der Waals surface area contributed by atoms with Crippen LogP contribution in [-0.4, -0.2) is 67.9 Å². The summed E-state index contributed by atoms with van der Waals surface area (Å²) in [6.45, 7) is 4.35. The quantitative estimate of drug-likeness (QED) is 0.287. The fraction of sp³-hybridized carbons (Fsp3) is 0.267. The molecule has 2 aliphatic heterocycles. The average Bonchev–Trinajstić information content (AvgIpc) is 3.38. The number of ether oxygens (including phenoxy) is 3. The number of fused-ring (bicyclic) bond motifs is 1. The minimum Gasteiger partial charge on any atom is -0.493 e. The SMILES string of the molecule is COc1cc(C2=Nc3c(c(C)nn3-c3ccccc3)P(=O)(N3CCN(c4ccccc4)CC3)O2)cc(OC)c1OC. The summed E-state index contributed by atoms with van der Waals surface area (Å²) >= 11 is 0. The minimum atomic E-state index is -3.64. The van der Waals surface area contributed by atoms with Gasteiger partial charge in [-0.25, -0.2) is 9.35 Å². The summed E-state index contributed by atoms with van der Waals surface area (Å²) in [5.74, 6) is 2.01. The predicted molar refractivity (Wildman–Crippen MR) is 159 cm³/mol. The van der Waals surface area contributed by atoms with Gasteiger partial charge in [-0.2, -0.15) is 10.1 Å². The van der Waals surface area contributed by atoms with E-state index in [1.54, 1.807) is 38.1 Å². The lowest BCUT2D eigenvalue weighted by molar-refractivity contribution is 0.323. The van der Waals surface area contributed by atoms with Crippen molar-refractivity contribution in [3.05, 3.63) is 84.1 Å². The maximum absolute atomic E-state index is 15.2. The molecule has 0 radical (unpaired) electrons. The molecule has 2 aliphatic rings. The van der Waals surface area contributed by atoms with Gasteiger partial charge in [0.25, 0.3) is 0 Å². The Labute approximate surface area is 239 Å². The van der Waals surface area contributed by atoms with E-state index in [9.17, 15) is 0 Å². The van der Waals surface area contributed by atoms with Crippen LogP contribution in [0, 0.1) is 6.92 Å². The molecular weight excluding hydrogens is 541 g/mol. The molecule has 6 rings (SSSR count). The number of benzene rings is 3. The zero-order valence-electron chi connectivity index (χ0n) is 23.5. The third-order valence-electron chi connectivity index (χ3n) is 7.37. The van der Waals surface area contributed by atoms with Gasteiger partial charge >= 0.3 is 7.52 Å². The van der Waals surface area contributed by atoms with Crippen LogP contribution in [0.25, 0.3) is 5.69 Å². The van der Waals surface area contributed by atoms with Gasteiger partial charge in [0, 0.05) is 37.4 Å². The van der Waals surface area contributed by atoms with Crippen LogP contribution in [-0.2, 0) is 9.09 Å². The Morgan fingerprint density at radius 1 is 0.805 bits per heavy atom. The normalized spacial score (nSPS) is 18.7. The van der Waals surface area contributed by atoms with Crippen LogP contribution in [0.15, 0.2) is 77.8 Å². The molecule has 1 fully saturated rings. The Hall–Kier alpha value is -4.27. The zero-order valence-corrected chi connectivity index (χ0v) is 24.4. The van der Waals surface area contributed by atoms with E-state index >= 15 is 4.57 Å². The van der Waals surface area contributed by atoms with Crippen LogP contribution in [0.4, 0.5) is 11.5 Å². The first kappa shape index (κ1) is 26.9. The fourth-order valence-electron chi connectivity index (χ4n) is 5.34. The summed E-state index contributed by atoms with van der Waals surface area (Å²) in [6.07, 6.45) is 0. The highest BCUT2D eigenvalue weighted by atomic mass is 31.2. The smallest absolute Gasteiger partial charge is 0.356 e. The first-order valence-electron chi connectivity index (χ1n) is 13.4. The number of rotatable bonds is 7. The van der Waals surface area contributed by atoms with E-state index in [0.717, 1.165) is 11.4 Å². The van der Waals surface area contributed by atoms with Gasteiger partial charge in [-0.3, -0.25) is 4.57 Å². The van der Waals surface area contributed by atoms with E-state index in [4.69, 9.17) is 28.8 Å². The molecule has 0 bridgehead atoms. The Bertz CT molecular complexity index is 1610. The Balaban J connectivity index is 1.46. The highest BCUT2D eigenvalue weighted by molar-refractivity contribution is 7.65. The Morgan fingerprint density at radius 3 is 1.95 bits per heavy atom. The van der Waals surface area contributed by atoms with Crippen LogP contribution in [0.3, 0.4) is 0 Å². The maximum Gasteiger partial charge on any atom is 0.356 e. The van der Waals surface area contributed by atoms with Crippen molar-refractivity contribution in [2.24, 2.45) is 4.99 Å². The molecule has 212 valence electrons. The van der Waals surface area contributed by atoms with Gasteiger partial charge in [0.2, 0.25) is 11.6 Å². The number of aliphatic imine (C=N–C) groups is 1. The van der Waals surface area contributed by atoms with Crippen LogP contribution in [0.2, 0.25) is 0 Å². The lowest BCUT2D eigenvalue weighted by Crippen LogP contribution is -2.47. The molecule has 11 heteroatoms. The third kappa shape index (κ3) is 4.73. The van der Waals surface area contributed by atoms with Crippen LogP contribution in [0.5, 0.6) is 17.2 Å². The summed E-state index contributed by atoms with van der Waals surface area (Å²) in [7, 11) is 1.00. The van der Waals surface area contributed by atoms with Gasteiger partial charge in [-0.05, 0) is 43.3 Å². The van der Waals surface area contributed by atoms with Gasteiger partial charge in [0.15, 0.2) is 17.3 Å². The number of nitrogens with zero attached hydrogens (tertiary/aromatic N) is 5. The monoisotopic (exact) mass is 573 g/mol. The molecule has 0 amide bonds. The van der Waals surface area contributed by atoms with Crippen molar-refractivity contribution in [2.45, 2.75) is 6.92 Å². The van der Waals surface area contributed by atoms with Crippen LogP contribution in [0.1, 0.15) is 11.3 Å². The van der Waals surface area contributed by atoms with Crippen molar-refractivity contribution in [3.8, 4) is 22.9 Å². The molecule has 1 atom stereocenters. The second-order valence-electron chi connectivity index (χ2n) is 9.72. The first-order chi connectivity index (χ1) is 20.0. The molecule has 1 unspecified atom stereocenters. The van der Waals surface area contributed by atoms with Crippen molar-refractivity contribution in [1.29, 1.82) is 0 Å². The maximum atomic E-state index is 15.2. The van der Waals surface area contributed by atoms with E-state index in [1.807, 2.05) is 60.1 Å². The zero-order chi connectivity index (χ0) is 28.6. The Morgan fingerprint density at radius 2 is 1.39 bits per heavy atom. The molecule has 41 heavy (non-hydrogen) atoms. The number of aryl methyl sites for hydroxylation is 1. The third-order valence-corrected chi connectivity index (χ3v) is 10.0. The van der Waals surface area contributed by atoms with Crippen molar-refractivity contribution in [2.75, 3.05) is 52.4 Å². The van der Waals surface area contributed by atoms with Gasteiger partial charge in [0.05, 0.1) is 32.7 Å². The molecular formula is C30H32N5O5P. The highest BCUT2D eigenvalue weighted by Gasteiger charge is 2.46. The number of aromatic nitrogens is 2. The van der Waals surface area contributed by atoms with Gasteiger partial charge in [0.1, 0.15) is 5.30 Å². The summed E-state index contributed by atoms with van der Waals surface area (Å²) in [5.41, 5.74) is 3.12. The average molecular weight is 574 g/mol. The lowest BCUT2D eigenvalue weighted by Gasteiger charge is -2.40. The molecule has 4 aromatic rings. The number of methoxy groups -OCH3 is 3. The fourth-order valence-corrected chi connectivity index (χ4v) is 7.77. The number of para-hydroxylation sites is 2. The van der Waals surface area contributed by atoms with Crippen LogP contribution < -0.4 is 24.4 Å². The number of hydrogen-bond donors (Lipinski definition) is 0. The largest absolute Gasteiger partial charge is 0.493 e. The second kappa shape index (κ2) is 11.0. The summed E-state index contributed by atoms with van der Waals surface area (Å²) in [6, 6.07) is 23.5. The first-order valence-corrected chi connectivity index (χ1v) is 14.9. The summed E-state index contributed by atoms with van der Waals surface area (Å²) in [5, 5.41) is 5.31. The van der Waals surface area contributed by atoms with Gasteiger partial charge in [-0.15, -0.1) is 0 Å². The molecule has 0 spiro atoms. The van der Waals surface area contributed by atoms with Gasteiger partial charge in [-0.1, -0.05) is 36.4 Å². The summed E-state index contributed by atoms with van der Waals surface area (Å²) in [4.78, 5) is 7.20. The molecule has 3 aromatic carbocycles. The van der Waals surface area contributed by atoms with Crippen molar-refractivity contribution < 1.29 is 23.3 Å². The van der Waals surface area contributed by atoms with Crippen molar-refractivity contribution in [1.82, 2.24) is 14.5 Å². The van der Waals surface area contributed by atoms with E-state index in [2.05, 4.69) is 17.0 Å². The number of hydrogen-bond acceptors (Lipinski definition) is 8. The second-order valence-corrected chi connectivity index (χ2v) is 12.0. The van der Waals surface area contributed by atoms with Crippen LogP contribution >= 0.6 is 7.52 Å². The van der Waals surface area contributed by atoms with E-state index < -0.39 is 7.52 Å². The highest BCUT2D eigenvalue weighted by Crippen LogP contribution is 2.56. The predicted octanol–water partition coefficient (Wildman–Crippen LogP) is 4.96. The van der Waals surface area contributed by atoms with E-state index in [0.29, 0.717) is 65.8 Å². The topological polar surface area (TPSA) is 90.7 Å². The molecule has 1 saturated heterocycles. The lowest BCUT2D eigenvalue weighted by atomic mass is 10.1. The molecule has 0 saturated carbocycles. The van der Waals surface area contributed by atoms with Crippen molar-refractivity contribution >= 4 is 30.2 Å². The van der Waals surface area contributed by atoms with Crippen molar-refractivity contribution in [3.63, 3.8) is 0 Å². The van der Waals surface area contributed by atoms with Gasteiger partial charge < -0.3 is 23.6 Å². The summed E-state index contributed by atoms with van der Waals surface area (Å²) < 4.78 is 42.0. The van der Waals surface area contributed by atoms with E-state index in [1.165, 1.54) is 0 Å². The molecule has 10 nitrogen and oxygen atoms in total. The molecule has 3 heterocycles. The Kier molecular flexibility index (Phi) is 7.19. The van der Waals surface area contributed by atoms with E-state index in [-0.39, 0.29) is 5.90 Å². The number of anilines is 1. The number of piperazine rings is 1. The molecule has 0 N–H and O–H groups in total.